The van der Waals surface area contributed by atoms with Crippen molar-refractivity contribution in [3.05, 3.63) is 140 Å². The molecular weight excluding hydrogens is 878 g/mol. The van der Waals surface area contributed by atoms with Gasteiger partial charge in [0.05, 0.1) is 21.2 Å². The van der Waals surface area contributed by atoms with E-state index in [0.29, 0.717) is 0 Å². The van der Waals surface area contributed by atoms with Gasteiger partial charge in [-0.1, -0.05) is 0 Å². The van der Waals surface area contributed by atoms with E-state index in [-0.39, 0.29) is 0 Å². The molecule has 5 aromatic carbocycles. The summed E-state index contributed by atoms with van der Waals surface area (Å²) in [5, 5.41) is -19.2. The Kier molecular flexibility index (Phi) is 11.1. The molecule has 0 aliphatic rings. The maximum Gasteiger partial charge on any atom is 0.200 e. The molecule has 5 rings (SSSR count). The van der Waals surface area contributed by atoms with Gasteiger partial charge in [-0.25, -0.2) is 105 Å². The highest BCUT2D eigenvalue weighted by Crippen LogP contribution is 2.47. The fourth-order valence-electron chi connectivity index (χ4n) is 4.85. The Morgan fingerprint density at radius 1 is 0.125 bits per heavy atom. The van der Waals surface area contributed by atoms with Crippen LogP contribution in [0.4, 0.5) is 105 Å². The van der Waals surface area contributed by atoms with Crippen LogP contribution in [0.2, 0.25) is 0 Å². The highest BCUT2D eigenvalue weighted by Gasteiger charge is 2.47. The third-order valence-electron chi connectivity index (χ3n) is 7.31. The lowest BCUT2D eigenvalue weighted by atomic mass is 10.3. The van der Waals surface area contributed by atoms with Gasteiger partial charge in [0.25, 0.3) is 0 Å². The zero-order valence-electron chi connectivity index (χ0n) is 25.0. The van der Waals surface area contributed by atoms with Crippen LogP contribution in [0.15, 0.2) is 0 Å². The van der Waals surface area contributed by atoms with Crippen molar-refractivity contribution >= 4 is 47.7 Å². The molecule has 0 saturated heterocycles. The van der Waals surface area contributed by atoms with Crippen molar-refractivity contribution in [1.82, 2.24) is 0 Å². The highest BCUT2D eigenvalue weighted by molar-refractivity contribution is 7.85. The minimum absolute atomic E-state index is 3.17. The summed E-state index contributed by atoms with van der Waals surface area (Å²) in [4.78, 5) is 0. The predicted octanol–water partition coefficient (Wildman–Crippen LogP) is 8.54. The van der Waals surface area contributed by atoms with Crippen molar-refractivity contribution in [3.8, 4) is 0 Å². The zero-order valence-corrected chi connectivity index (χ0v) is 26.8. The molecule has 0 atom stereocenters. The number of hydrogen-bond acceptors (Lipinski definition) is 0. The van der Waals surface area contributed by atoms with E-state index in [1.165, 1.54) is 0 Å². The van der Waals surface area contributed by atoms with Gasteiger partial charge in [-0.15, -0.1) is 0 Å². The molecule has 0 saturated carbocycles. The van der Waals surface area contributed by atoms with E-state index >= 15 is 52.7 Å². The van der Waals surface area contributed by atoms with Crippen LogP contribution in [-0.4, -0.2) is 0 Å². The van der Waals surface area contributed by atoms with Gasteiger partial charge in [-0.2, -0.15) is 0 Å². The number of benzene rings is 5. The maximum atomic E-state index is 16.1. The van der Waals surface area contributed by atoms with Gasteiger partial charge in [0.2, 0.25) is 23.3 Å². The molecule has 0 aliphatic carbocycles. The summed E-state index contributed by atoms with van der Waals surface area (Å²) < 4.78 is 358. The quantitative estimate of drug-likeness (QED) is 0.0695. The van der Waals surface area contributed by atoms with Gasteiger partial charge in [-0.3, -0.25) is 0 Å². The minimum Gasteiger partial charge on any atom is -0.203 e. The van der Waals surface area contributed by atoms with Gasteiger partial charge in [0.1, 0.15) is 0 Å². The molecule has 0 N–H and O–H groups in total. The van der Waals surface area contributed by atoms with E-state index in [1.54, 1.807) is 0 Å². The SMILES string of the molecule is Fc1c(F)c(F)c(P(c2c(F)c(F)c(F)c(F)c2F)c2c(F)c(F)c(F)c(F)c2P(c2c(F)c(F)c(F)c(F)c2F)c2c(F)c(F)c(F)c(F)c2F)c(F)c1F. The molecule has 0 aromatic heterocycles. The van der Waals surface area contributed by atoms with Gasteiger partial charge < -0.3 is 0 Å². The zero-order chi connectivity index (χ0) is 42.5. The van der Waals surface area contributed by atoms with Crippen molar-refractivity contribution in [1.29, 1.82) is 0 Å². The molecule has 0 radical (unpaired) electrons. The van der Waals surface area contributed by atoms with E-state index in [4.69, 9.17) is 0 Å². The molecule has 0 nitrogen and oxygen atoms in total. The summed E-state index contributed by atoms with van der Waals surface area (Å²) in [5.41, 5.74) is 0. The third kappa shape index (κ3) is 5.92. The van der Waals surface area contributed by atoms with Gasteiger partial charge in [0, 0.05) is 26.5 Å². The molecule has 0 bridgehead atoms. The van der Waals surface area contributed by atoms with Crippen LogP contribution in [0.3, 0.4) is 0 Å². The van der Waals surface area contributed by atoms with Gasteiger partial charge in [0.15, 0.2) is 116 Å². The molecule has 0 amide bonds. The number of hydrogen-bond donors (Lipinski definition) is 0. The van der Waals surface area contributed by atoms with Crippen LogP contribution in [-0.2, 0) is 0 Å². The third-order valence-corrected chi connectivity index (χ3v) is 12.6. The molecular formula is C30F24P2. The van der Waals surface area contributed by atoms with Crippen LogP contribution in [0.5, 0.6) is 0 Å². The summed E-state index contributed by atoms with van der Waals surface area (Å²) in [6.45, 7) is 0. The molecule has 0 aliphatic heterocycles. The monoisotopic (exact) mass is 878 g/mol. The number of halogens is 24. The fourth-order valence-corrected chi connectivity index (χ4v) is 10.4. The summed E-state index contributed by atoms with van der Waals surface area (Å²) in [6, 6.07) is 0. The lowest BCUT2D eigenvalue weighted by molar-refractivity contribution is 0.382. The molecule has 0 heterocycles. The fraction of sp³-hybridized carbons (Fsp3) is 0. The van der Waals surface area contributed by atoms with Crippen LogP contribution in [0.1, 0.15) is 0 Å². The largest absolute Gasteiger partial charge is 0.203 e. The Labute approximate surface area is 293 Å². The average molecular weight is 878 g/mol. The summed E-state index contributed by atoms with van der Waals surface area (Å²) in [5.74, 6) is -82.8. The van der Waals surface area contributed by atoms with E-state index < -0.39 is 187 Å². The van der Waals surface area contributed by atoms with E-state index in [9.17, 15) is 52.7 Å². The Morgan fingerprint density at radius 2 is 0.214 bits per heavy atom. The van der Waals surface area contributed by atoms with Crippen molar-refractivity contribution in [2.45, 2.75) is 0 Å². The second-order valence-electron chi connectivity index (χ2n) is 10.3. The molecule has 56 heavy (non-hydrogen) atoms. The molecule has 0 unspecified atom stereocenters. The lowest BCUT2D eigenvalue weighted by Crippen LogP contribution is -2.45. The van der Waals surface area contributed by atoms with Crippen molar-refractivity contribution in [2.24, 2.45) is 0 Å². The highest BCUT2D eigenvalue weighted by atomic mass is 31.1. The first-order valence-corrected chi connectivity index (χ1v) is 16.1. The first-order chi connectivity index (χ1) is 25.9. The molecule has 0 fully saturated rings. The maximum absolute atomic E-state index is 16.1. The van der Waals surface area contributed by atoms with Crippen LogP contribution < -0.4 is 31.8 Å². The average Bonchev–Trinajstić information content (AvgIpc) is 3.17. The molecule has 26 heteroatoms. The topological polar surface area (TPSA) is 0 Å². The summed E-state index contributed by atoms with van der Waals surface area (Å²) >= 11 is 0. The Bertz CT molecular complexity index is 2120. The van der Waals surface area contributed by atoms with E-state index in [0.717, 1.165) is 0 Å². The normalized spacial score (nSPS) is 11.9. The first kappa shape index (κ1) is 42.4. The predicted molar refractivity (Wildman–Crippen MR) is 143 cm³/mol. The minimum atomic E-state index is -5.81. The van der Waals surface area contributed by atoms with E-state index in [1.807, 2.05) is 0 Å². The van der Waals surface area contributed by atoms with Gasteiger partial charge in [-0.05, 0) is 0 Å². The standard InChI is InChI=1S/C30F24P2/c31-1-5(35)15(45)25(16(46)6(1)36)55(26-17(47)7(37)2(32)8(38)18(26)48)29-23(53)13(43)14(44)24(54)30(29)56(27-19(49)9(39)3(33)10(40)20(27)50)28-21(51)11(41)4(34)12(42)22(28)52. The Morgan fingerprint density at radius 3 is 0.339 bits per heavy atom. The van der Waals surface area contributed by atoms with Crippen LogP contribution in [0, 0.1) is 140 Å². The first-order valence-electron chi connectivity index (χ1n) is 13.4. The smallest absolute Gasteiger partial charge is 0.200 e. The molecule has 0 spiro atoms. The van der Waals surface area contributed by atoms with Crippen molar-refractivity contribution < 1.29 is 105 Å². The second-order valence-corrected chi connectivity index (χ2v) is 14.3. The van der Waals surface area contributed by atoms with Crippen LogP contribution in [0.25, 0.3) is 0 Å². The van der Waals surface area contributed by atoms with Crippen molar-refractivity contribution in [3.63, 3.8) is 0 Å². The molecule has 5 aromatic rings. The Hall–Kier alpha value is -4.72. The van der Waals surface area contributed by atoms with Gasteiger partial charge >= 0.3 is 0 Å². The Balaban J connectivity index is 2.24. The summed E-state index contributed by atoms with van der Waals surface area (Å²) in [6.07, 6.45) is 0. The molecule has 298 valence electrons. The van der Waals surface area contributed by atoms with Crippen LogP contribution >= 0.6 is 15.8 Å². The number of rotatable bonds is 6. The van der Waals surface area contributed by atoms with E-state index in [2.05, 4.69) is 0 Å². The lowest BCUT2D eigenvalue weighted by Gasteiger charge is -2.30. The van der Waals surface area contributed by atoms with Crippen molar-refractivity contribution in [2.75, 3.05) is 0 Å². The summed E-state index contributed by atoms with van der Waals surface area (Å²) in [7, 11) is -11.6. The second kappa shape index (κ2) is 14.7.